The van der Waals surface area contributed by atoms with E-state index in [4.69, 9.17) is 17.0 Å². The van der Waals surface area contributed by atoms with Crippen LogP contribution in [0.25, 0.3) is 0 Å². The van der Waals surface area contributed by atoms with Crippen LogP contribution in [-0.4, -0.2) is 52.1 Å². The fraction of sp³-hybridized carbons (Fsp3) is 0.455. The third-order valence-corrected chi connectivity index (χ3v) is 7.22. The van der Waals surface area contributed by atoms with Gasteiger partial charge in [0, 0.05) is 24.4 Å². The predicted octanol–water partition coefficient (Wildman–Crippen LogP) is 0.336. The molecule has 0 radical (unpaired) electrons. The van der Waals surface area contributed by atoms with E-state index in [0.717, 1.165) is 24.1 Å². The fourth-order valence-electron chi connectivity index (χ4n) is 3.58. The number of aryl methyl sites for hydroxylation is 1. The number of hydrogen-bond acceptors (Lipinski definition) is 7. The molecule has 1 amide bonds. The Morgan fingerprint density at radius 2 is 1.97 bits per heavy atom. The largest absolute Gasteiger partial charge is 1.00 e. The molecule has 8 nitrogen and oxygen atoms in total. The average molecular weight is 518 g/mol. The average Bonchev–Trinajstić information content (AvgIpc) is 3.26. The predicted molar refractivity (Wildman–Crippen MR) is 126 cm³/mol. The minimum atomic E-state index is -4.32. The van der Waals surface area contributed by atoms with Crippen LogP contribution in [0.15, 0.2) is 41.9 Å². The quantitative estimate of drug-likeness (QED) is 0.217. The molecule has 0 aliphatic carbocycles. The van der Waals surface area contributed by atoms with Gasteiger partial charge in [-0.3, -0.25) is 9.69 Å². The molecule has 1 fully saturated rings. The summed E-state index contributed by atoms with van der Waals surface area (Å²) in [5.41, 5.74) is 2.09. The van der Waals surface area contributed by atoms with Crippen LogP contribution in [0, 0.1) is 0 Å². The van der Waals surface area contributed by atoms with E-state index in [0.29, 0.717) is 42.0 Å². The van der Waals surface area contributed by atoms with Gasteiger partial charge in [-0.05, 0) is 63.0 Å². The van der Waals surface area contributed by atoms with Gasteiger partial charge in [0.25, 0.3) is 5.91 Å². The molecule has 33 heavy (non-hydrogen) atoms. The molecule has 2 aliphatic rings. The first kappa shape index (κ1) is 28.4. The zero-order valence-corrected chi connectivity index (χ0v) is 24.2. The number of fused-ring (bicyclic) bond motifs is 1. The number of hydrogen-bond donors (Lipinski definition) is 1. The van der Waals surface area contributed by atoms with Gasteiger partial charge in [0.2, 0.25) is 0 Å². The van der Waals surface area contributed by atoms with Crippen molar-refractivity contribution in [1.29, 1.82) is 0 Å². The van der Waals surface area contributed by atoms with Gasteiger partial charge < -0.3 is 19.5 Å². The summed E-state index contributed by atoms with van der Waals surface area (Å²) in [5, 5.41) is 2.74. The van der Waals surface area contributed by atoms with Crippen LogP contribution >= 0.6 is 12.2 Å². The molecule has 2 aliphatic heterocycles. The summed E-state index contributed by atoms with van der Waals surface area (Å²) in [4.78, 5) is 16.3. The van der Waals surface area contributed by atoms with E-state index in [2.05, 4.69) is 12.2 Å². The van der Waals surface area contributed by atoms with Crippen molar-refractivity contribution in [3.63, 3.8) is 0 Å². The number of allylic oxidation sites excluding steroid dienone is 2. The van der Waals surface area contributed by atoms with Crippen LogP contribution in [-0.2, 0) is 21.3 Å². The number of ether oxygens (including phenoxy) is 1. The summed E-state index contributed by atoms with van der Waals surface area (Å²) in [7, 11) is -4.32. The Morgan fingerprint density at radius 3 is 2.61 bits per heavy atom. The Balaban J connectivity index is 0.00000385. The number of anilines is 1. The molecule has 0 spiro atoms. The first-order valence-electron chi connectivity index (χ1n) is 10.7. The van der Waals surface area contributed by atoms with Gasteiger partial charge in [-0.1, -0.05) is 25.5 Å². The Kier molecular flexibility index (Phi) is 10.6. The number of rotatable bonds is 9. The van der Waals surface area contributed by atoms with Crippen molar-refractivity contribution in [3.05, 3.63) is 47.5 Å². The number of para-hydroxylation sites is 1. The molecule has 0 saturated carbocycles. The van der Waals surface area contributed by atoms with Crippen molar-refractivity contribution < 1.29 is 73.9 Å². The summed E-state index contributed by atoms with van der Waals surface area (Å²) >= 11 is 5.49. The second-order valence-electron chi connectivity index (χ2n) is 7.78. The first-order chi connectivity index (χ1) is 15.2. The molecule has 174 valence electrons. The molecule has 3 rings (SSSR count). The van der Waals surface area contributed by atoms with Crippen molar-refractivity contribution >= 4 is 39.0 Å². The molecule has 1 aromatic carbocycles. The SMILES string of the molecule is CCCCN1C(=O)C(=CC=C2Nc3c(CCC(C)S(=O)(=O)[O-])cccc3O2)N(CC)C1=S.[K+]. The Hall–Kier alpha value is -0.794. The van der Waals surface area contributed by atoms with Crippen molar-refractivity contribution in [1.82, 2.24) is 9.80 Å². The third-order valence-electron chi connectivity index (χ3n) is 5.55. The Labute approximate surface area is 243 Å². The summed E-state index contributed by atoms with van der Waals surface area (Å²) in [5.74, 6) is 0.937. The zero-order valence-electron chi connectivity index (χ0n) is 19.5. The Bertz CT molecular complexity index is 1070. The zero-order chi connectivity index (χ0) is 23.5. The molecule has 1 atom stereocenters. The van der Waals surface area contributed by atoms with Gasteiger partial charge in [0.1, 0.15) is 5.70 Å². The molecule has 0 aromatic heterocycles. The van der Waals surface area contributed by atoms with Crippen LogP contribution in [0.3, 0.4) is 0 Å². The standard InChI is InChI=1S/C22H29N3O5S2.K/c1-4-6-14-25-21(26)17(24(5-2)22(25)31)12-13-19-23-20-16(8-7-9-18(20)30-19)11-10-15(3)32(27,28)29;/h7-9,12-13,15,23H,4-6,10-11,14H2,1-3H3,(H,27,28,29);/q;+1/p-1. The summed E-state index contributed by atoms with van der Waals surface area (Å²) < 4.78 is 39.4. The molecular weight excluding hydrogens is 489 g/mol. The Morgan fingerprint density at radius 1 is 1.24 bits per heavy atom. The number of nitrogens with one attached hydrogen (secondary N) is 1. The van der Waals surface area contributed by atoms with Gasteiger partial charge in [-0.15, -0.1) is 0 Å². The van der Waals surface area contributed by atoms with E-state index in [1.807, 2.05) is 24.0 Å². The minimum absolute atomic E-state index is 0. The topological polar surface area (TPSA) is 102 Å². The first-order valence-corrected chi connectivity index (χ1v) is 12.6. The number of nitrogens with zero attached hydrogens (tertiary/aromatic N) is 2. The van der Waals surface area contributed by atoms with E-state index >= 15 is 0 Å². The number of likely N-dealkylation sites (N-methyl/N-ethyl adjacent to an activating group) is 1. The second-order valence-corrected chi connectivity index (χ2v) is 9.93. The molecule has 1 N–H and O–H groups in total. The molecule has 1 aromatic rings. The van der Waals surface area contributed by atoms with Gasteiger partial charge in [-0.25, -0.2) is 8.42 Å². The molecule has 0 bridgehead atoms. The van der Waals surface area contributed by atoms with Gasteiger partial charge in [-0.2, -0.15) is 0 Å². The van der Waals surface area contributed by atoms with E-state index in [-0.39, 0.29) is 63.7 Å². The van der Waals surface area contributed by atoms with Gasteiger partial charge in [0.15, 0.2) is 16.7 Å². The molecule has 2 heterocycles. The molecule has 1 unspecified atom stereocenters. The monoisotopic (exact) mass is 517 g/mol. The second kappa shape index (κ2) is 12.3. The van der Waals surface area contributed by atoms with Crippen LogP contribution in [0.5, 0.6) is 5.75 Å². The van der Waals surface area contributed by atoms with E-state index in [1.54, 1.807) is 23.1 Å². The maximum absolute atomic E-state index is 12.9. The number of unbranched alkanes of at least 4 members (excludes halogenated alkanes) is 1. The third kappa shape index (κ3) is 6.66. The molecule has 11 heteroatoms. The number of carbonyl (C=O) groups excluding carboxylic acids is 1. The summed E-state index contributed by atoms with van der Waals surface area (Å²) in [6, 6.07) is 5.48. The number of amides is 1. The summed E-state index contributed by atoms with van der Waals surface area (Å²) in [6.07, 6.45) is 5.88. The summed E-state index contributed by atoms with van der Waals surface area (Å²) in [6.45, 7) is 6.61. The fourth-order valence-corrected chi connectivity index (χ4v) is 4.39. The molecular formula is C22H28KN3O5S2. The van der Waals surface area contributed by atoms with Crippen molar-refractivity contribution in [3.8, 4) is 5.75 Å². The number of benzene rings is 1. The van der Waals surface area contributed by atoms with Crippen molar-refractivity contribution in [2.24, 2.45) is 0 Å². The van der Waals surface area contributed by atoms with E-state index < -0.39 is 15.4 Å². The van der Waals surface area contributed by atoms with Crippen LogP contribution in [0.2, 0.25) is 0 Å². The number of thiocarbonyl (C=S) groups is 1. The van der Waals surface area contributed by atoms with Crippen LogP contribution in [0.4, 0.5) is 5.69 Å². The van der Waals surface area contributed by atoms with Crippen LogP contribution < -0.4 is 61.4 Å². The van der Waals surface area contributed by atoms with Gasteiger partial charge in [0.05, 0.1) is 15.8 Å². The smallest absolute Gasteiger partial charge is 0.748 e. The maximum atomic E-state index is 12.9. The van der Waals surface area contributed by atoms with E-state index in [1.165, 1.54) is 6.92 Å². The van der Waals surface area contributed by atoms with E-state index in [9.17, 15) is 17.8 Å². The molecule has 1 saturated heterocycles. The van der Waals surface area contributed by atoms with Gasteiger partial charge >= 0.3 is 51.4 Å². The van der Waals surface area contributed by atoms with Crippen molar-refractivity contribution in [2.75, 3.05) is 18.4 Å². The van der Waals surface area contributed by atoms with Crippen LogP contribution in [0.1, 0.15) is 45.6 Å². The minimum Gasteiger partial charge on any atom is -0.748 e. The van der Waals surface area contributed by atoms with Crippen molar-refractivity contribution in [2.45, 2.75) is 51.7 Å². The normalized spacial score (nSPS) is 18.9. The maximum Gasteiger partial charge on any atom is 1.00 e. The number of carbonyl (C=O) groups is 1.